The molecule has 0 aromatic rings. The molecule has 6 heteroatoms. The number of carbonyl (C=O) groups is 2. The molecule has 0 fully saturated rings. The number of nitrogens with two attached hydrogens (primary N) is 1. The fourth-order valence-electron chi connectivity index (χ4n) is 2.87. The number of hydrogen-bond acceptors (Lipinski definition) is 5. The Hall–Kier alpha value is -1.14. The fraction of sp³-hybridized carbons (Fsp3) is 0.900. The molecule has 0 saturated heterocycles. The molecule has 0 aromatic carbocycles. The molecule has 2 N–H and O–H groups in total. The third-order valence-electron chi connectivity index (χ3n) is 4.69. The van der Waals surface area contributed by atoms with Crippen LogP contribution in [0, 0.1) is 11.3 Å². The first-order valence-corrected chi connectivity index (χ1v) is 9.42. The van der Waals surface area contributed by atoms with Crippen molar-refractivity contribution in [2.45, 2.75) is 92.0 Å². The average Bonchev–Trinajstić information content (AvgIpc) is 2.49. The van der Waals surface area contributed by atoms with E-state index in [0.717, 1.165) is 6.42 Å². The summed E-state index contributed by atoms with van der Waals surface area (Å²) in [5, 5.41) is 0. The lowest BCUT2D eigenvalue weighted by Crippen LogP contribution is -2.57. The van der Waals surface area contributed by atoms with E-state index in [0.29, 0.717) is 0 Å². The average molecular weight is 373 g/mol. The van der Waals surface area contributed by atoms with Crippen molar-refractivity contribution in [2.24, 2.45) is 17.1 Å². The number of nitrogens with zero attached hydrogens (tertiary/aromatic N) is 1. The van der Waals surface area contributed by atoms with E-state index in [1.807, 2.05) is 41.5 Å². The van der Waals surface area contributed by atoms with Crippen molar-refractivity contribution in [3.8, 4) is 0 Å². The number of hydrogen-bond donors (Lipinski definition) is 1. The van der Waals surface area contributed by atoms with Crippen LogP contribution >= 0.6 is 0 Å². The molecule has 0 heterocycles. The molecule has 0 unspecified atom stereocenters. The predicted molar refractivity (Wildman–Crippen MR) is 105 cm³/mol. The van der Waals surface area contributed by atoms with Gasteiger partial charge in [-0.2, -0.15) is 0 Å². The monoisotopic (exact) mass is 372 g/mol. The molecule has 0 radical (unpaired) electrons. The van der Waals surface area contributed by atoms with Crippen molar-refractivity contribution in [3.63, 3.8) is 0 Å². The van der Waals surface area contributed by atoms with E-state index in [1.54, 1.807) is 19.1 Å². The summed E-state index contributed by atoms with van der Waals surface area (Å²) in [6, 6.07) is -0.892. The second kappa shape index (κ2) is 9.70. The largest absolute Gasteiger partial charge is 0.460 e. The Balaban J connectivity index is 5.50. The predicted octanol–water partition coefficient (Wildman–Crippen LogP) is 2.98. The maximum absolute atomic E-state index is 12.9. The molecule has 0 aliphatic carbocycles. The van der Waals surface area contributed by atoms with Crippen LogP contribution in [-0.4, -0.2) is 54.7 Å². The van der Waals surface area contributed by atoms with Crippen molar-refractivity contribution in [1.29, 1.82) is 0 Å². The van der Waals surface area contributed by atoms with Crippen LogP contribution in [0.25, 0.3) is 0 Å². The van der Waals surface area contributed by atoms with Crippen molar-refractivity contribution in [3.05, 3.63) is 0 Å². The number of amides is 1. The number of ether oxygens (including phenoxy) is 2. The molecule has 1 amide bonds. The van der Waals surface area contributed by atoms with E-state index in [1.165, 1.54) is 0 Å². The minimum atomic E-state index is -0.627. The van der Waals surface area contributed by atoms with Gasteiger partial charge >= 0.3 is 5.97 Å². The van der Waals surface area contributed by atoms with E-state index in [2.05, 4.69) is 13.8 Å². The van der Waals surface area contributed by atoms with Crippen LogP contribution < -0.4 is 5.73 Å². The van der Waals surface area contributed by atoms with E-state index < -0.39 is 17.7 Å². The maximum Gasteiger partial charge on any atom is 0.309 e. The Morgan fingerprint density at radius 3 is 1.96 bits per heavy atom. The van der Waals surface area contributed by atoms with Gasteiger partial charge in [-0.25, -0.2) is 0 Å². The summed E-state index contributed by atoms with van der Waals surface area (Å²) in [6.07, 6.45) is 0.479. The van der Waals surface area contributed by atoms with Crippen LogP contribution in [0.4, 0.5) is 0 Å². The Labute approximate surface area is 159 Å². The molecule has 0 aliphatic rings. The number of rotatable bonds is 8. The SMILES string of the molecule is CC[C@H](C)[C@@H]([C@@H](CC(=O)OC(C)(C)C)OC)N(C)C(=O)[C@@H](N)C(C)(C)C. The fourth-order valence-corrected chi connectivity index (χ4v) is 2.87. The van der Waals surface area contributed by atoms with Gasteiger partial charge in [-0.05, 0) is 32.1 Å². The van der Waals surface area contributed by atoms with Crippen LogP contribution in [0.1, 0.15) is 68.2 Å². The van der Waals surface area contributed by atoms with Gasteiger partial charge in [-0.15, -0.1) is 0 Å². The summed E-state index contributed by atoms with van der Waals surface area (Å²) in [5.74, 6) is -0.337. The van der Waals surface area contributed by atoms with Gasteiger partial charge in [0, 0.05) is 14.2 Å². The van der Waals surface area contributed by atoms with Crippen LogP contribution in [0.15, 0.2) is 0 Å². The van der Waals surface area contributed by atoms with Crippen LogP contribution in [-0.2, 0) is 19.1 Å². The highest BCUT2D eigenvalue weighted by atomic mass is 16.6. The Morgan fingerprint density at radius 2 is 1.62 bits per heavy atom. The number of methoxy groups -OCH3 is 1. The third-order valence-corrected chi connectivity index (χ3v) is 4.69. The summed E-state index contributed by atoms with van der Waals surface area (Å²) in [6.45, 7) is 15.4. The quantitative estimate of drug-likeness (QED) is 0.662. The zero-order chi connectivity index (χ0) is 20.9. The van der Waals surface area contributed by atoms with Crippen molar-refractivity contribution in [1.82, 2.24) is 4.90 Å². The summed E-state index contributed by atoms with van der Waals surface area (Å²) in [4.78, 5) is 26.9. The van der Waals surface area contributed by atoms with Gasteiger partial charge in [0.2, 0.25) is 5.91 Å². The molecule has 0 aliphatic heterocycles. The van der Waals surface area contributed by atoms with E-state index in [-0.39, 0.29) is 35.7 Å². The lowest BCUT2D eigenvalue weighted by atomic mass is 9.85. The van der Waals surface area contributed by atoms with Crippen LogP contribution in [0.5, 0.6) is 0 Å². The van der Waals surface area contributed by atoms with Gasteiger partial charge in [0.15, 0.2) is 0 Å². The molecule has 4 atom stereocenters. The summed E-state index contributed by atoms with van der Waals surface area (Å²) >= 11 is 0. The van der Waals surface area contributed by atoms with Gasteiger partial charge < -0.3 is 20.1 Å². The highest BCUT2D eigenvalue weighted by Crippen LogP contribution is 2.26. The lowest BCUT2D eigenvalue weighted by Gasteiger charge is -2.40. The van der Waals surface area contributed by atoms with Gasteiger partial charge in [0.1, 0.15) is 5.60 Å². The summed E-state index contributed by atoms with van der Waals surface area (Å²) in [5.41, 5.74) is 5.27. The van der Waals surface area contributed by atoms with E-state index >= 15 is 0 Å². The standard InChI is InChI=1S/C20H40N2O4/c1-11-13(2)16(22(9)18(24)17(21)19(3,4)5)14(25-10)12-15(23)26-20(6,7)8/h13-14,16-17H,11-12,21H2,1-10H3/t13-,14+,16-,17+/m0/s1. The maximum atomic E-state index is 12.9. The molecule has 0 saturated carbocycles. The normalized spacial score (nSPS) is 17.2. The van der Waals surface area contributed by atoms with E-state index in [9.17, 15) is 9.59 Å². The molecule has 154 valence electrons. The first kappa shape index (κ1) is 24.9. The highest BCUT2D eigenvalue weighted by Gasteiger charge is 2.38. The van der Waals surface area contributed by atoms with Crippen molar-refractivity contribution in [2.75, 3.05) is 14.2 Å². The van der Waals surface area contributed by atoms with E-state index in [4.69, 9.17) is 15.2 Å². The minimum Gasteiger partial charge on any atom is -0.460 e. The van der Waals surface area contributed by atoms with Gasteiger partial charge in [-0.1, -0.05) is 41.0 Å². The molecular weight excluding hydrogens is 332 g/mol. The minimum absolute atomic E-state index is 0.0884. The Morgan fingerprint density at radius 1 is 1.12 bits per heavy atom. The first-order valence-electron chi connectivity index (χ1n) is 9.42. The zero-order valence-corrected chi connectivity index (χ0v) is 18.4. The molecule has 0 rings (SSSR count). The number of esters is 1. The van der Waals surface area contributed by atoms with Crippen LogP contribution in [0.2, 0.25) is 0 Å². The third kappa shape index (κ3) is 7.62. The van der Waals surface area contributed by atoms with Gasteiger partial charge in [0.25, 0.3) is 0 Å². The molecule has 0 spiro atoms. The van der Waals surface area contributed by atoms with Gasteiger partial charge in [-0.3, -0.25) is 9.59 Å². The van der Waals surface area contributed by atoms with Crippen molar-refractivity contribution >= 4 is 11.9 Å². The van der Waals surface area contributed by atoms with Crippen LogP contribution in [0.3, 0.4) is 0 Å². The second-order valence-electron chi connectivity index (χ2n) is 9.23. The molecule has 0 bridgehead atoms. The topological polar surface area (TPSA) is 81.9 Å². The first-order chi connectivity index (χ1) is 11.7. The summed E-state index contributed by atoms with van der Waals surface area (Å²) < 4.78 is 11.1. The molecule has 26 heavy (non-hydrogen) atoms. The Kier molecular flexibility index (Phi) is 9.27. The molecular formula is C20H40N2O4. The number of carbonyl (C=O) groups excluding carboxylic acids is 2. The summed E-state index contributed by atoms with van der Waals surface area (Å²) in [7, 11) is 3.30. The lowest BCUT2D eigenvalue weighted by molar-refractivity contribution is -0.161. The van der Waals surface area contributed by atoms with Crippen molar-refractivity contribution < 1.29 is 19.1 Å². The molecule has 6 nitrogen and oxygen atoms in total. The highest BCUT2D eigenvalue weighted by molar-refractivity contribution is 5.82. The smallest absolute Gasteiger partial charge is 0.309 e. The van der Waals surface area contributed by atoms with Gasteiger partial charge in [0.05, 0.1) is 24.6 Å². The zero-order valence-electron chi connectivity index (χ0n) is 18.4. The second-order valence-corrected chi connectivity index (χ2v) is 9.23. The number of likely N-dealkylation sites (N-methyl/N-ethyl adjacent to an activating group) is 1. The Bertz CT molecular complexity index is 465. The molecule has 0 aromatic heterocycles.